The summed E-state index contributed by atoms with van der Waals surface area (Å²) >= 11 is 1.07. The van der Waals surface area contributed by atoms with Gasteiger partial charge in [0.05, 0.1) is 5.75 Å². The van der Waals surface area contributed by atoms with Crippen molar-refractivity contribution in [1.82, 2.24) is 20.6 Å². The van der Waals surface area contributed by atoms with Gasteiger partial charge in [0.1, 0.15) is 11.6 Å². The largest absolute Gasteiger partial charge is 0.383 e. The maximum atomic E-state index is 11.9. The molecule has 1 saturated carbocycles. The van der Waals surface area contributed by atoms with E-state index in [4.69, 9.17) is 11.5 Å². The highest BCUT2D eigenvalue weighted by molar-refractivity contribution is 7.99. The van der Waals surface area contributed by atoms with Crippen LogP contribution in [0.3, 0.4) is 0 Å². The van der Waals surface area contributed by atoms with Gasteiger partial charge in [-0.25, -0.2) is 14.8 Å². The minimum atomic E-state index is -0.456. The summed E-state index contributed by atoms with van der Waals surface area (Å²) in [5, 5.41) is 5.49. The number of urea groups is 1. The second-order valence-electron chi connectivity index (χ2n) is 5.68. The lowest BCUT2D eigenvalue weighted by molar-refractivity contribution is -0.117. The van der Waals surface area contributed by atoms with Crippen LogP contribution in [0.2, 0.25) is 0 Å². The molecule has 3 amide bonds. The second kappa shape index (κ2) is 8.00. The van der Waals surface area contributed by atoms with Gasteiger partial charge < -0.3 is 16.8 Å². The predicted octanol–water partition coefficient (Wildman–Crippen LogP) is 1.14. The van der Waals surface area contributed by atoms with Crippen LogP contribution in [0, 0.1) is 5.92 Å². The zero-order chi connectivity index (χ0) is 16.8. The Bertz CT molecular complexity index is 562. The molecule has 1 aromatic heterocycles. The normalized spacial score (nSPS) is 20.7. The third kappa shape index (κ3) is 5.59. The number of nitrogens with one attached hydrogen (secondary N) is 2. The van der Waals surface area contributed by atoms with Crippen molar-refractivity contribution in [3.8, 4) is 0 Å². The molecule has 23 heavy (non-hydrogen) atoms. The van der Waals surface area contributed by atoms with Crippen molar-refractivity contribution in [2.75, 3.05) is 17.2 Å². The van der Waals surface area contributed by atoms with Crippen LogP contribution >= 0.6 is 11.8 Å². The molecular weight excluding hydrogens is 316 g/mol. The Kier molecular flexibility index (Phi) is 6.03. The van der Waals surface area contributed by atoms with E-state index in [2.05, 4.69) is 27.5 Å². The van der Waals surface area contributed by atoms with Crippen LogP contribution in [0.15, 0.2) is 11.2 Å². The first-order chi connectivity index (χ1) is 10.9. The number of imide groups is 1. The molecule has 2 atom stereocenters. The minimum absolute atomic E-state index is 0.0104. The topological polar surface area (TPSA) is 136 Å². The molecule has 0 saturated heterocycles. The van der Waals surface area contributed by atoms with Crippen LogP contribution in [0.1, 0.15) is 32.6 Å². The molecule has 1 fully saturated rings. The first kappa shape index (κ1) is 17.3. The Labute approximate surface area is 139 Å². The highest BCUT2D eigenvalue weighted by Gasteiger charge is 2.23. The number of hydrogen-bond acceptors (Lipinski definition) is 7. The number of aromatic nitrogens is 2. The SMILES string of the molecule is CC1CCCCC1NC(=O)NC(=O)CSc1nc(N)cc(N)n1. The van der Waals surface area contributed by atoms with Crippen LogP contribution in [-0.2, 0) is 4.79 Å². The number of nitrogen functional groups attached to an aromatic ring is 2. The van der Waals surface area contributed by atoms with Crippen molar-refractivity contribution in [1.29, 1.82) is 0 Å². The van der Waals surface area contributed by atoms with E-state index in [1.165, 1.54) is 12.5 Å². The summed E-state index contributed by atoms with van der Waals surface area (Å²) in [4.78, 5) is 31.6. The zero-order valence-corrected chi connectivity index (χ0v) is 13.9. The molecule has 2 rings (SSSR count). The van der Waals surface area contributed by atoms with Gasteiger partial charge in [0, 0.05) is 12.1 Å². The molecule has 6 N–H and O–H groups in total. The molecule has 0 aliphatic heterocycles. The number of hydrogen-bond donors (Lipinski definition) is 4. The molecule has 2 unspecified atom stereocenters. The Hall–Kier alpha value is -2.03. The second-order valence-corrected chi connectivity index (χ2v) is 6.62. The standard InChI is InChI=1S/C14H22N6O2S/c1-8-4-2-3-5-9(8)17-13(22)20-12(21)7-23-14-18-10(15)6-11(16)19-14/h6,8-9H,2-5,7H2,1H3,(H4,15,16,18,19)(H2,17,20,21,22). The van der Waals surface area contributed by atoms with Crippen molar-refractivity contribution in [2.24, 2.45) is 5.92 Å². The van der Waals surface area contributed by atoms with E-state index in [0.29, 0.717) is 11.1 Å². The van der Waals surface area contributed by atoms with E-state index in [1.54, 1.807) is 0 Å². The molecule has 1 aromatic rings. The summed E-state index contributed by atoms with van der Waals surface area (Å²) in [6, 6.07) is 1.10. The molecule has 1 heterocycles. The highest BCUT2D eigenvalue weighted by atomic mass is 32.2. The van der Waals surface area contributed by atoms with E-state index in [0.717, 1.165) is 31.0 Å². The van der Waals surface area contributed by atoms with Crippen molar-refractivity contribution in [3.63, 3.8) is 0 Å². The van der Waals surface area contributed by atoms with Crippen LogP contribution in [0.4, 0.5) is 16.4 Å². The number of rotatable bonds is 4. The number of carbonyl (C=O) groups excluding carboxylic acids is 2. The summed E-state index contributed by atoms with van der Waals surface area (Å²) in [7, 11) is 0. The number of anilines is 2. The Morgan fingerprint density at radius 1 is 1.26 bits per heavy atom. The van der Waals surface area contributed by atoms with Gasteiger partial charge in [0.15, 0.2) is 5.16 Å². The van der Waals surface area contributed by atoms with Gasteiger partial charge in [-0.2, -0.15) is 0 Å². The monoisotopic (exact) mass is 338 g/mol. The summed E-state index contributed by atoms with van der Waals surface area (Å²) in [6.45, 7) is 2.11. The average Bonchev–Trinajstić information content (AvgIpc) is 2.46. The Morgan fingerprint density at radius 3 is 2.57 bits per heavy atom. The van der Waals surface area contributed by atoms with Crippen LogP contribution in [-0.4, -0.2) is 33.7 Å². The number of nitrogens with zero attached hydrogens (tertiary/aromatic N) is 2. The fourth-order valence-electron chi connectivity index (χ4n) is 2.55. The molecule has 0 radical (unpaired) electrons. The van der Waals surface area contributed by atoms with Crippen molar-refractivity contribution < 1.29 is 9.59 Å². The van der Waals surface area contributed by atoms with E-state index < -0.39 is 11.9 Å². The molecule has 126 valence electrons. The summed E-state index contributed by atoms with van der Waals surface area (Å²) in [5.41, 5.74) is 11.1. The Morgan fingerprint density at radius 2 is 1.91 bits per heavy atom. The van der Waals surface area contributed by atoms with Gasteiger partial charge in [-0.3, -0.25) is 10.1 Å². The fourth-order valence-corrected chi connectivity index (χ4v) is 3.23. The summed E-state index contributed by atoms with van der Waals surface area (Å²) in [6.07, 6.45) is 4.35. The molecule has 0 aromatic carbocycles. The van der Waals surface area contributed by atoms with E-state index in [9.17, 15) is 9.59 Å². The molecular formula is C14H22N6O2S. The lowest BCUT2D eigenvalue weighted by atomic mass is 9.86. The predicted molar refractivity (Wildman–Crippen MR) is 89.7 cm³/mol. The zero-order valence-electron chi connectivity index (χ0n) is 13.0. The smallest absolute Gasteiger partial charge is 0.321 e. The first-order valence-electron chi connectivity index (χ1n) is 7.57. The molecule has 0 spiro atoms. The maximum absolute atomic E-state index is 11.9. The number of nitrogens with two attached hydrogens (primary N) is 2. The van der Waals surface area contributed by atoms with E-state index in [1.807, 2.05) is 0 Å². The maximum Gasteiger partial charge on any atom is 0.321 e. The van der Waals surface area contributed by atoms with E-state index in [-0.39, 0.29) is 23.4 Å². The average molecular weight is 338 g/mol. The molecule has 9 heteroatoms. The number of thioether (sulfide) groups is 1. The Balaban J connectivity index is 1.76. The molecule has 1 aliphatic rings. The van der Waals surface area contributed by atoms with Crippen LogP contribution in [0.5, 0.6) is 0 Å². The van der Waals surface area contributed by atoms with Gasteiger partial charge in [0.2, 0.25) is 5.91 Å². The summed E-state index contributed by atoms with van der Waals surface area (Å²) in [5.74, 6) is 0.508. The summed E-state index contributed by atoms with van der Waals surface area (Å²) < 4.78 is 0. The highest BCUT2D eigenvalue weighted by Crippen LogP contribution is 2.23. The van der Waals surface area contributed by atoms with Crippen LogP contribution in [0.25, 0.3) is 0 Å². The minimum Gasteiger partial charge on any atom is -0.383 e. The van der Waals surface area contributed by atoms with Gasteiger partial charge >= 0.3 is 6.03 Å². The van der Waals surface area contributed by atoms with Crippen molar-refractivity contribution in [2.45, 2.75) is 43.8 Å². The van der Waals surface area contributed by atoms with Crippen molar-refractivity contribution >= 4 is 35.3 Å². The third-order valence-corrected chi connectivity index (χ3v) is 4.61. The molecule has 0 bridgehead atoms. The van der Waals surface area contributed by atoms with E-state index >= 15 is 0 Å². The van der Waals surface area contributed by atoms with Gasteiger partial charge in [-0.1, -0.05) is 31.5 Å². The van der Waals surface area contributed by atoms with Gasteiger partial charge in [0.25, 0.3) is 0 Å². The quantitative estimate of drug-likeness (QED) is 0.477. The molecule has 1 aliphatic carbocycles. The van der Waals surface area contributed by atoms with Crippen molar-refractivity contribution in [3.05, 3.63) is 6.07 Å². The van der Waals surface area contributed by atoms with Gasteiger partial charge in [-0.15, -0.1) is 0 Å². The lowest BCUT2D eigenvalue weighted by Crippen LogP contribution is -2.48. The lowest BCUT2D eigenvalue weighted by Gasteiger charge is -2.29. The van der Waals surface area contributed by atoms with Gasteiger partial charge in [-0.05, 0) is 18.8 Å². The molecule has 8 nitrogen and oxygen atoms in total. The first-order valence-corrected chi connectivity index (χ1v) is 8.56. The number of carbonyl (C=O) groups is 2. The van der Waals surface area contributed by atoms with Crippen LogP contribution < -0.4 is 22.1 Å². The third-order valence-electron chi connectivity index (χ3n) is 3.76. The fraction of sp³-hybridized carbons (Fsp3) is 0.571. The number of amides is 3.